The Morgan fingerprint density at radius 2 is 1.61 bits per heavy atom. The molecule has 1 aromatic carbocycles. The Morgan fingerprint density at radius 1 is 1.00 bits per heavy atom. The zero-order valence-electron chi connectivity index (χ0n) is 16.5. The molecule has 3 rings (SSSR count). The van der Waals surface area contributed by atoms with Crippen LogP contribution in [0.5, 0.6) is 0 Å². The average Bonchev–Trinajstić information content (AvgIpc) is 3.13. The summed E-state index contributed by atoms with van der Waals surface area (Å²) in [6.45, 7) is 1.98. The molecule has 2 aromatic heterocycles. The van der Waals surface area contributed by atoms with Crippen LogP contribution in [0.4, 0.5) is 11.9 Å². The van der Waals surface area contributed by atoms with Crippen LogP contribution in [0, 0.1) is 0 Å². The molecular weight excluding hydrogens is 360 g/mol. The number of carbonyl (C=O) groups excluding carboxylic acids is 1. The third-order valence-corrected chi connectivity index (χ3v) is 3.78. The van der Waals surface area contributed by atoms with Gasteiger partial charge in [-0.15, -0.1) is 5.10 Å². The maximum Gasteiger partial charge on any atom is 0.361 e. The van der Waals surface area contributed by atoms with Crippen molar-refractivity contribution in [2.24, 2.45) is 0 Å². The van der Waals surface area contributed by atoms with Crippen molar-refractivity contribution in [1.82, 2.24) is 29.9 Å². The summed E-state index contributed by atoms with van der Waals surface area (Å²) in [6, 6.07) is 9.34. The highest BCUT2D eigenvalue weighted by Crippen LogP contribution is 2.25. The summed E-state index contributed by atoms with van der Waals surface area (Å²) in [5, 5.41) is 8.19. The second-order valence-corrected chi connectivity index (χ2v) is 6.31. The summed E-state index contributed by atoms with van der Waals surface area (Å²) in [5.74, 6) is 0.619. The summed E-state index contributed by atoms with van der Waals surface area (Å²) in [4.78, 5) is 29.3. The molecule has 0 aliphatic carbocycles. The monoisotopic (exact) mass is 382 g/mol. The summed E-state index contributed by atoms with van der Waals surface area (Å²) < 4.78 is 6.57. The van der Waals surface area contributed by atoms with Crippen LogP contribution in [-0.4, -0.2) is 70.7 Å². The minimum atomic E-state index is -0.553. The number of benzene rings is 1. The smallest absolute Gasteiger partial charge is 0.361 e. The van der Waals surface area contributed by atoms with Crippen LogP contribution in [0.25, 0.3) is 17.2 Å². The first-order valence-electron chi connectivity index (χ1n) is 8.71. The van der Waals surface area contributed by atoms with Gasteiger partial charge in [0.05, 0.1) is 6.61 Å². The van der Waals surface area contributed by atoms with Gasteiger partial charge in [0.25, 0.3) is 5.95 Å². The largest absolute Gasteiger partial charge is 0.461 e. The first kappa shape index (κ1) is 19.2. The molecule has 28 heavy (non-hydrogen) atoms. The van der Waals surface area contributed by atoms with E-state index in [2.05, 4.69) is 25.3 Å². The van der Waals surface area contributed by atoms with Gasteiger partial charge in [0, 0.05) is 33.8 Å². The van der Waals surface area contributed by atoms with Crippen LogP contribution in [0.3, 0.4) is 0 Å². The first-order valence-corrected chi connectivity index (χ1v) is 8.71. The van der Waals surface area contributed by atoms with Gasteiger partial charge >= 0.3 is 5.97 Å². The molecule has 0 saturated heterocycles. The van der Waals surface area contributed by atoms with Gasteiger partial charge in [-0.05, 0) is 6.92 Å². The van der Waals surface area contributed by atoms with Crippen molar-refractivity contribution in [3.05, 3.63) is 36.0 Å². The molecule has 0 radical (unpaired) electrons. The molecule has 2 heterocycles. The second-order valence-electron chi connectivity index (χ2n) is 6.31. The Morgan fingerprint density at radius 3 is 2.14 bits per heavy atom. The van der Waals surface area contributed by atoms with Crippen molar-refractivity contribution in [1.29, 1.82) is 0 Å². The SMILES string of the molecule is CCOC(=O)c1nnn(-c2nc(N(C)C)nc(N(C)C)n2)c1-c1ccccc1. The highest BCUT2D eigenvalue weighted by molar-refractivity contribution is 5.94. The van der Waals surface area contributed by atoms with Gasteiger partial charge in [-0.3, -0.25) is 0 Å². The van der Waals surface area contributed by atoms with E-state index in [9.17, 15) is 4.79 Å². The molecule has 0 spiro atoms. The van der Waals surface area contributed by atoms with Crippen molar-refractivity contribution >= 4 is 17.9 Å². The molecule has 0 fully saturated rings. The summed E-state index contributed by atoms with van der Waals surface area (Å²) in [7, 11) is 7.34. The van der Waals surface area contributed by atoms with Crippen molar-refractivity contribution in [2.45, 2.75) is 6.92 Å². The topological polar surface area (TPSA) is 102 Å². The van der Waals surface area contributed by atoms with E-state index in [1.807, 2.05) is 58.5 Å². The number of nitrogens with zero attached hydrogens (tertiary/aromatic N) is 8. The minimum absolute atomic E-state index is 0.103. The zero-order valence-corrected chi connectivity index (χ0v) is 16.5. The average molecular weight is 382 g/mol. The number of hydrogen-bond donors (Lipinski definition) is 0. The standard InChI is InChI=1S/C18H22N8O2/c1-6-28-15(27)13-14(12-10-8-7-9-11-12)26(23-22-13)18-20-16(24(2)3)19-17(21-18)25(4)5/h7-11H,6H2,1-5H3. The predicted octanol–water partition coefficient (Wildman–Crippen LogP) is 1.43. The number of esters is 1. The van der Waals surface area contributed by atoms with E-state index in [1.54, 1.807) is 16.7 Å². The molecule has 0 N–H and O–H groups in total. The minimum Gasteiger partial charge on any atom is -0.461 e. The number of rotatable bonds is 6. The van der Waals surface area contributed by atoms with Gasteiger partial charge in [0.1, 0.15) is 5.69 Å². The lowest BCUT2D eigenvalue weighted by Crippen LogP contribution is -2.21. The van der Waals surface area contributed by atoms with Gasteiger partial charge in [-0.25, -0.2) is 4.79 Å². The number of carbonyl (C=O) groups is 1. The van der Waals surface area contributed by atoms with Crippen LogP contribution in [-0.2, 0) is 4.74 Å². The summed E-state index contributed by atoms with van der Waals surface area (Å²) >= 11 is 0. The van der Waals surface area contributed by atoms with Gasteiger partial charge in [-0.2, -0.15) is 19.6 Å². The molecule has 10 nitrogen and oxygen atoms in total. The third kappa shape index (κ3) is 3.75. The van der Waals surface area contributed by atoms with E-state index in [1.165, 1.54) is 4.68 Å². The number of anilines is 2. The number of hydrogen-bond acceptors (Lipinski definition) is 9. The van der Waals surface area contributed by atoms with E-state index >= 15 is 0 Å². The normalized spacial score (nSPS) is 10.6. The van der Waals surface area contributed by atoms with Crippen LogP contribution < -0.4 is 9.80 Å². The van der Waals surface area contributed by atoms with E-state index in [4.69, 9.17) is 4.74 Å². The third-order valence-electron chi connectivity index (χ3n) is 3.78. The lowest BCUT2D eigenvalue weighted by atomic mass is 10.1. The Hall–Kier alpha value is -3.56. The van der Waals surface area contributed by atoms with Gasteiger partial charge in [-0.1, -0.05) is 35.5 Å². The predicted molar refractivity (Wildman–Crippen MR) is 105 cm³/mol. The van der Waals surface area contributed by atoms with Crippen molar-refractivity contribution in [2.75, 3.05) is 44.6 Å². The highest BCUT2D eigenvalue weighted by atomic mass is 16.5. The second kappa shape index (κ2) is 7.99. The van der Waals surface area contributed by atoms with E-state index < -0.39 is 5.97 Å². The van der Waals surface area contributed by atoms with Crippen LogP contribution >= 0.6 is 0 Å². The van der Waals surface area contributed by atoms with E-state index in [-0.39, 0.29) is 18.2 Å². The highest BCUT2D eigenvalue weighted by Gasteiger charge is 2.25. The number of aromatic nitrogens is 6. The van der Waals surface area contributed by atoms with E-state index in [0.29, 0.717) is 17.6 Å². The Balaban J connectivity index is 2.24. The molecule has 0 aliphatic heterocycles. The molecule has 146 valence electrons. The summed E-state index contributed by atoms with van der Waals surface area (Å²) in [6.07, 6.45) is 0. The lowest BCUT2D eigenvalue weighted by molar-refractivity contribution is 0.0520. The Kier molecular flexibility index (Phi) is 5.48. The maximum atomic E-state index is 12.4. The fourth-order valence-corrected chi connectivity index (χ4v) is 2.45. The molecule has 0 saturated carbocycles. The van der Waals surface area contributed by atoms with Crippen LogP contribution in [0.1, 0.15) is 17.4 Å². The Bertz CT molecular complexity index is 943. The van der Waals surface area contributed by atoms with E-state index in [0.717, 1.165) is 5.56 Å². The summed E-state index contributed by atoms with van der Waals surface area (Å²) in [5.41, 5.74) is 1.31. The molecular formula is C18H22N8O2. The quantitative estimate of drug-likeness (QED) is 0.586. The van der Waals surface area contributed by atoms with Crippen LogP contribution in [0.2, 0.25) is 0 Å². The maximum absolute atomic E-state index is 12.4. The van der Waals surface area contributed by atoms with Crippen molar-refractivity contribution < 1.29 is 9.53 Å². The van der Waals surface area contributed by atoms with Gasteiger partial charge in [0.15, 0.2) is 5.69 Å². The fraction of sp³-hybridized carbons (Fsp3) is 0.333. The Labute approximate surface area is 162 Å². The zero-order chi connectivity index (χ0) is 20.3. The van der Waals surface area contributed by atoms with Crippen molar-refractivity contribution in [3.63, 3.8) is 0 Å². The molecule has 3 aromatic rings. The molecule has 0 aliphatic rings. The first-order chi connectivity index (χ1) is 13.4. The molecule has 0 atom stereocenters. The molecule has 0 bridgehead atoms. The van der Waals surface area contributed by atoms with Crippen molar-refractivity contribution in [3.8, 4) is 17.2 Å². The van der Waals surface area contributed by atoms with Gasteiger partial charge < -0.3 is 14.5 Å². The number of ether oxygens (including phenoxy) is 1. The van der Waals surface area contributed by atoms with Gasteiger partial charge in [0.2, 0.25) is 11.9 Å². The molecule has 10 heteroatoms. The lowest BCUT2D eigenvalue weighted by Gasteiger charge is -2.16. The molecule has 0 amide bonds. The fourth-order valence-electron chi connectivity index (χ4n) is 2.45. The van der Waals surface area contributed by atoms with Crippen LogP contribution in [0.15, 0.2) is 30.3 Å². The molecule has 0 unspecified atom stereocenters.